The zero-order valence-corrected chi connectivity index (χ0v) is 13.3. The third-order valence-electron chi connectivity index (χ3n) is 4.28. The summed E-state index contributed by atoms with van der Waals surface area (Å²) in [4.78, 5) is 18.7. The molecule has 1 fully saturated rings. The fourth-order valence-corrected chi connectivity index (χ4v) is 3.12. The monoisotopic (exact) mass is 290 g/mol. The molecule has 0 aromatic carbocycles. The van der Waals surface area contributed by atoms with Crippen LogP contribution in [-0.2, 0) is 9.53 Å². The Morgan fingerprint density at radius 3 is 2.71 bits per heavy atom. The van der Waals surface area contributed by atoms with E-state index in [2.05, 4.69) is 17.1 Å². The highest BCUT2D eigenvalue weighted by molar-refractivity contribution is 5.82. The number of amides is 1. The second kappa shape index (κ2) is 7.03. The number of aromatic nitrogens is 1. The van der Waals surface area contributed by atoms with Crippen molar-refractivity contribution in [2.24, 2.45) is 5.41 Å². The Morgan fingerprint density at radius 2 is 2.05 bits per heavy atom. The molecular formula is C17H26N2O2. The fraction of sp³-hybridized carbons (Fsp3) is 0.647. The third kappa shape index (κ3) is 4.03. The molecule has 2 rings (SSSR count). The molecule has 21 heavy (non-hydrogen) atoms. The molecule has 0 spiro atoms. The summed E-state index contributed by atoms with van der Waals surface area (Å²) in [7, 11) is 1.65. The number of rotatable bonds is 4. The van der Waals surface area contributed by atoms with Gasteiger partial charge in [0.2, 0.25) is 5.91 Å². The number of pyridine rings is 1. The SMILES string of the molecule is COCC(C)(C)C(=O)N1CCC[C@H](c2ccncc2)CC1. The number of ether oxygens (including phenoxy) is 1. The summed E-state index contributed by atoms with van der Waals surface area (Å²) in [5.74, 6) is 0.746. The van der Waals surface area contributed by atoms with Gasteiger partial charge in [-0.15, -0.1) is 0 Å². The van der Waals surface area contributed by atoms with E-state index in [0.29, 0.717) is 12.5 Å². The van der Waals surface area contributed by atoms with Crippen molar-refractivity contribution in [1.29, 1.82) is 0 Å². The molecule has 0 N–H and O–H groups in total. The van der Waals surface area contributed by atoms with Crippen LogP contribution in [0.4, 0.5) is 0 Å². The topological polar surface area (TPSA) is 42.4 Å². The average Bonchev–Trinajstić information content (AvgIpc) is 2.73. The molecule has 0 saturated carbocycles. The highest BCUT2D eigenvalue weighted by Crippen LogP contribution is 2.29. The Bertz CT molecular complexity index is 459. The molecular weight excluding hydrogens is 264 g/mol. The molecule has 116 valence electrons. The molecule has 1 aromatic heterocycles. The lowest BCUT2D eigenvalue weighted by molar-refractivity contribution is -0.143. The van der Waals surface area contributed by atoms with Gasteiger partial charge in [-0.05, 0) is 56.7 Å². The molecule has 0 radical (unpaired) electrons. The van der Waals surface area contributed by atoms with E-state index in [4.69, 9.17) is 4.74 Å². The van der Waals surface area contributed by atoms with Gasteiger partial charge < -0.3 is 9.64 Å². The van der Waals surface area contributed by atoms with Gasteiger partial charge in [-0.3, -0.25) is 9.78 Å². The number of nitrogens with zero attached hydrogens (tertiary/aromatic N) is 2. The van der Waals surface area contributed by atoms with Crippen LogP contribution < -0.4 is 0 Å². The van der Waals surface area contributed by atoms with E-state index >= 15 is 0 Å². The minimum absolute atomic E-state index is 0.208. The van der Waals surface area contributed by atoms with Crippen LogP contribution >= 0.6 is 0 Å². The Morgan fingerprint density at radius 1 is 1.33 bits per heavy atom. The van der Waals surface area contributed by atoms with Crippen molar-refractivity contribution in [2.45, 2.75) is 39.0 Å². The van der Waals surface area contributed by atoms with Gasteiger partial charge >= 0.3 is 0 Å². The molecule has 0 aliphatic carbocycles. The van der Waals surface area contributed by atoms with Gasteiger partial charge in [0.05, 0.1) is 12.0 Å². The molecule has 2 heterocycles. The van der Waals surface area contributed by atoms with E-state index < -0.39 is 5.41 Å². The van der Waals surface area contributed by atoms with Crippen LogP contribution in [0.3, 0.4) is 0 Å². The van der Waals surface area contributed by atoms with Gasteiger partial charge in [-0.1, -0.05) is 0 Å². The maximum atomic E-state index is 12.6. The Labute approximate surface area is 127 Å². The number of carbonyl (C=O) groups excluding carboxylic acids is 1. The first-order valence-electron chi connectivity index (χ1n) is 7.73. The summed E-state index contributed by atoms with van der Waals surface area (Å²) in [5, 5.41) is 0. The lowest BCUT2D eigenvalue weighted by Crippen LogP contribution is -2.43. The van der Waals surface area contributed by atoms with Crippen molar-refractivity contribution in [2.75, 3.05) is 26.8 Å². The lowest BCUT2D eigenvalue weighted by Gasteiger charge is -2.30. The second-order valence-corrected chi connectivity index (χ2v) is 6.52. The zero-order chi connectivity index (χ0) is 15.3. The smallest absolute Gasteiger partial charge is 0.230 e. The Kier molecular flexibility index (Phi) is 5.34. The minimum Gasteiger partial charge on any atom is -0.384 e. The molecule has 1 saturated heterocycles. The van der Waals surface area contributed by atoms with Gasteiger partial charge in [0.1, 0.15) is 0 Å². The molecule has 1 aliphatic rings. The largest absolute Gasteiger partial charge is 0.384 e. The normalized spacial score (nSPS) is 20.1. The molecule has 0 bridgehead atoms. The van der Waals surface area contributed by atoms with Gasteiger partial charge in [-0.25, -0.2) is 0 Å². The first kappa shape index (κ1) is 16.0. The summed E-state index contributed by atoms with van der Waals surface area (Å²) in [5.41, 5.74) is 0.904. The first-order valence-corrected chi connectivity index (χ1v) is 7.73. The van der Waals surface area contributed by atoms with Gasteiger partial charge in [-0.2, -0.15) is 0 Å². The van der Waals surface area contributed by atoms with Crippen LogP contribution in [0, 0.1) is 5.41 Å². The minimum atomic E-state index is -0.439. The maximum Gasteiger partial charge on any atom is 0.230 e. The number of hydrogen-bond acceptors (Lipinski definition) is 3. The Hall–Kier alpha value is -1.42. The zero-order valence-electron chi connectivity index (χ0n) is 13.3. The fourth-order valence-electron chi connectivity index (χ4n) is 3.12. The van der Waals surface area contributed by atoms with Crippen molar-refractivity contribution in [3.05, 3.63) is 30.1 Å². The van der Waals surface area contributed by atoms with E-state index in [1.807, 2.05) is 31.1 Å². The van der Waals surface area contributed by atoms with Gasteiger partial charge in [0, 0.05) is 32.6 Å². The van der Waals surface area contributed by atoms with Gasteiger partial charge in [0.15, 0.2) is 0 Å². The van der Waals surface area contributed by atoms with E-state index in [1.165, 1.54) is 5.56 Å². The standard InChI is InChI=1S/C17H26N2O2/c1-17(2,13-21-3)16(20)19-11-4-5-14(8-12-19)15-6-9-18-10-7-15/h6-7,9-10,14H,4-5,8,11-13H2,1-3H3/t14-/m0/s1. The number of methoxy groups -OCH3 is 1. The van der Waals surface area contributed by atoms with E-state index in [0.717, 1.165) is 32.4 Å². The predicted molar refractivity (Wildman–Crippen MR) is 83.1 cm³/mol. The van der Waals surface area contributed by atoms with Crippen LogP contribution in [0.5, 0.6) is 0 Å². The molecule has 1 amide bonds. The van der Waals surface area contributed by atoms with Gasteiger partial charge in [0.25, 0.3) is 0 Å². The van der Waals surface area contributed by atoms with E-state index in [-0.39, 0.29) is 5.91 Å². The number of likely N-dealkylation sites (tertiary alicyclic amines) is 1. The van der Waals surface area contributed by atoms with E-state index in [9.17, 15) is 4.79 Å². The van der Waals surface area contributed by atoms with Crippen molar-refractivity contribution in [3.8, 4) is 0 Å². The number of carbonyl (C=O) groups is 1. The molecule has 1 atom stereocenters. The summed E-state index contributed by atoms with van der Waals surface area (Å²) < 4.78 is 5.19. The van der Waals surface area contributed by atoms with Crippen LogP contribution in [-0.4, -0.2) is 42.6 Å². The summed E-state index contributed by atoms with van der Waals surface area (Å²) >= 11 is 0. The molecule has 1 aromatic rings. The lowest BCUT2D eigenvalue weighted by atomic mass is 9.92. The van der Waals surface area contributed by atoms with Crippen molar-refractivity contribution >= 4 is 5.91 Å². The summed E-state index contributed by atoms with van der Waals surface area (Å²) in [6.45, 7) is 6.08. The molecule has 0 unspecified atom stereocenters. The highest BCUT2D eigenvalue weighted by Gasteiger charge is 2.33. The third-order valence-corrected chi connectivity index (χ3v) is 4.28. The van der Waals surface area contributed by atoms with Crippen LogP contribution in [0.25, 0.3) is 0 Å². The van der Waals surface area contributed by atoms with Crippen molar-refractivity contribution in [1.82, 2.24) is 9.88 Å². The van der Waals surface area contributed by atoms with Crippen LogP contribution in [0.15, 0.2) is 24.5 Å². The van der Waals surface area contributed by atoms with E-state index in [1.54, 1.807) is 7.11 Å². The van der Waals surface area contributed by atoms with Crippen LogP contribution in [0.2, 0.25) is 0 Å². The average molecular weight is 290 g/mol. The molecule has 4 nitrogen and oxygen atoms in total. The molecule has 1 aliphatic heterocycles. The first-order chi connectivity index (χ1) is 10.0. The summed E-state index contributed by atoms with van der Waals surface area (Å²) in [6.07, 6.45) is 6.93. The highest BCUT2D eigenvalue weighted by atomic mass is 16.5. The summed E-state index contributed by atoms with van der Waals surface area (Å²) in [6, 6.07) is 4.19. The van der Waals surface area contributed by atoms with Crippen LogP contribution in [0.1, 0.15) is 44.6 Å². The second-order valence-electron chi connectivity index (χ2n) is 6.52. The van der Waals surface area contributed by atoms with Crippen molar-refractivity contribution in [3.63, 3.8) is 0 Å². The number of hydrogen-bond donors (Lipinski definition) is 0. The predicted octanol–water partition coefficient (Wildman–Crippen LogP) is 2.85. The maximum absolute atomic E-state index is 12.6. The Balaban J connectivity index is 1.99. The molecule has 4 heteroatoms. The van der Waals surface area contributed by atoms with Crippen molar-refractivity contribution < 1.29 is 9.53 Å². The quantitative estimate of drug-likeness (QED) is 0.856.